The second-order valence-corrected chi connectivity index (χ2v) is 21.6. The molecular formula is C70H122O6. The summed E-state index contributed by atoms with van der Waals surface area (Å²) in [6.45, 7) is 6.46. The van der Waals surface area contributed by atoms with E-state index in [-0.39, 0.29) is 37.5 Å². The van der Waals surface area contributed by atoms with E-state index in [2.05, 4.69) is 106 Å². The molecule has 0 rings (SSSR count). The van der Waals surface area contributed by atoms with Crippen LogP contribution in [0.2, 0.25) is 0 Å². The van der Waals surface area contributed by atoms with Crippen LogP contribution >= 0.6 is 0 Å². The molecule has 6 nitrogen and oxygen atoms in total. The van der Waals surface area contributed by atoms with Crippen molar-refractivity contribution in [1.82, 2.24) is 0 Å². The van der Waals surface area contributed by atoms with Crippen LogP contribution in [0.1, 0.15) is 323 Å². The largest absolute Gasteiger partial charge is 0.462 e. The Hall–Kier alpha value is -3.41. The van der Waals surface area contributed by atoms with Gasteiger partial charge in [0.1, 0.15) is 13.2 Å². The highest BCUT2D eigenvalue weighted by Crippen LogP contribution is 2.17. The molecule has 0 aliphatic heterocycles. The summed E-state index contributed by atoms with van der Waals surface area (Å²) in [5.74, 6) is -0.963. The van der Waals surface area contributed by atoms with E-state index < -0.39 is 6.10 Å². The molecule has 0 aromatic rings. The van der Waals surface area contributed by atoms with Crippen molar-refractivity contribution in [3.63, 3.8) is 0 Å². The summed E-state index contributed by atoms with van der Waals surface area (Å²) in [7, 11) is 0. The molecule has 0 amide bonds. The lowest BCUT2D eigenvalue weighted by molar-refractivity contribution is -0.167. The minimum absolute atomic E-state index is 0.101. The van der Waals surface area contributed by atoms with Crippen LogP contribution in [-0.4, -0.2) is 37.2 Å². The van der Waals surface area contributed by atoms with E-state index in [1.165, 1.54) is 173 Å². The van der Waals surface area contributed by atoms with Gasteiger partial charge in [-0.05, 0) is 83.5 Å². The number of allylic oxidation sites excluding steroid dienone is 14. The molecule has 0 saturated heterocycles. The van der Waals surface area contributed by atoms with E-state index in [1.807, 2.05) is 0 Å². The van der Waals surface area contributed by atoms with Crippen molar-refractivity contribution in [3.8, 4) is 0 Å². The number of unbranched alkanes of at least 4 members (excludes halogenated alkanes) is 34. The molecular weight excluding hydrogens is 937 g/mol. The molecule has 1 atom stereocenters. The fourth-order valence-corrected chi connectivity index (χ4v) is 9.26. The molecule has 1 unspecified atom stereocenters. The van der Waals surface area contributed by atoms with Gasteiger partial charge in [0, 0.05) is 19.3 Å². The first kappa shape index (κ1) is 72.6. The van der Waals surface area contributed by atoms with Crippen molar-refractivity contribution in [2.45, 2.75) is 329 Å². The van der Waals surface area contributed by atoms with Crippen LogP contribution in [0, 0.1) is 0 Å². The summed E-state index contributed by atoms with van der Waals surface area (Å²) in [6, 6.07) is 0. The molecule has 0 fully saturated rings. The summed E-state index contributed by atoms with van der Waals surface area (Å²) in [4.78, 5) is 38.3. The average Bonchev–Trinajstić information content (AvgIpc) is 3.42. The fourth-order valence-electron chi connectivity index (χ4n) is 9.26. The molecule has 0 aromatic carbocycles. The molecule has 0 saturated carbocycles. The first-order valence-corrected chi connectivity index (χ1v) is 32.6. The zero-order valence-electron chi connectivity index (χ0n) is 50.3. The normalized spacial score (nSPS) is 12.6. The maximum Gasteiger partial charge on any atom is 0.306 e. The second-order valence-electron chi connectivity index (χ2n) is 21.6. The van der Waals surface area contributed by atoms with Crippen molar-refractivity contribution < 1.29 is 28.6 Å². The lowest BCUT2D eigenvalue weighted by Gasteiger charge is -2.18. The Labute approximate surface area is 471 Å². The Kier molecular flexibility index (Phi) is 61.2. The second kappa shape index (κ2) is 64.1. The summed E-state index contributed by atoms with van der Waals surface area (Å²) in [6.07, 6.45) is 84.7. The molecule has 6 heteroatoms. The van der Waals surface area contributed by atoms with Gasteiger partial charge >= 0.3 is 17.9 Å². The van der Waals surface area contributed by atoms with Crippen LogP contribution in [0.3, 0.4) is 0 Å². The monoisotopic (exact) mass is 1060 g/mol. The third-order valence-corrected chi connectivity index (χ3v) is 14.1. The molecule has 0 aliphatic rings. The Bertz CT molecular complexity index is 1450. The number of carbonyl (C=O) groups is 3. The van der Waals surface area contributed by atoms with Gasteiger partial charge in [0.2, 0.25) is 0 Å². The third-order valence-electron chi connectivity index (χ3n) is 14.1. The Morgan fingerprint density at radius 2 is 0.539 bits per heavy atom. The Morgan fingerprint density at radius 3 is 0.882 bits per heavy atom. The van der Waals surface area contributed by atoms with E-state index in [0.717, 1.165) is 103 Å². The number of rotatable bonds is 59. The molecule has 0 bridgehead atoms. The molecule has 0 heterocycles. The zero-order chi connectivity index (χ0) is 55.0. The van der Waals surface area contributed by atoms with Crippen LogP contribution in [0.15, 0.2) is 85.1 Å². The molecule has 438 valence electrons. The van der Waals surface area contributed by atoms with Crippen LogP contribution in [0.5, 0.6) is 0 Å². The van der Waals surface area contributed by atoms with Gasteiger partial charge in [-0.3, -0.25) is 14.4 Å². The first-order valence-electron chi connectivity index (χ1n) is 32.6. The number of esters is 3. The predicted octanol–water partition coefficient (Wildman–Crippen LogP) is 22.3. The Balaban J connectivity index is 4.30. The lowest BCUT2D eigenvalue weighted by atomic mass is 10.0. The van der Waals surface area contributed by atoms with Crippen molar-refractivity contribution in [2.24, 2.45) is 0 Å². The maximum atomic E-state index is 12.9. The quantitative estimate of drug-likeness (QED) is 0.0261. The van der Waals surface area contributed by atoms with Crippen LogP contribution < -0.4 is 0 Å². The van der Waals surface area contributed by atoms with Gasteiger partial charge in [0.25, 0.3) is 0 Å². The van der Waals surface area contributed by atoms with Gasteiger partial charge in [-0.25, -0.2) is 0 Å². The van der Waals surface area contributed by atoms with E-state index in [1.54, 1.807) is 0 Å². The number of hydrogen-bond donors (Lipinski definition) is 0. The lowest BCUT2D eigenvalue weighted by Crippen LogP contribution is -2.30. The highest BCUT2D eigenvalue weighted by atomic mass is 16.6. The number of carbonyl (C=O) groups excluding carboxylic acids is 3. The van der Waals surface area contributed by atoms with Gasteiger partial charge in [-0.2, -0.15) is 0 Å². The summed E-state index contributed by atoms with van der Waals surface area (Å²) in [5.41, 5.74) is 0. The molecule has 76 heavy (non-hydrogen) atoms. The maximum absolute atomic E-state index is 12.9. The van der Waals surface area contributed by atoms with E-state index in [4.69, 9.17) is 14.2 Å². The minimum atomic E-state index is -0.812. The van der Waals surface area contributed by atoms with E-state index >= 15 is 0 Å². The SMILES string of the molecule is CC/C=C\C/C=C\C/C=C\C/C=C\C/C=C\CCCC(=O)OC(COC(=O)CCCCCCC/C=C\C/C=C\CCCC)COC(=O)CCCCCCCCCCCCCCCCCCCCCCCCCCCCC. The molecule has 0 radical (unpaired) electrons. The first-order chi connectivity index (χ1) is 37.5. The number of ether oxygens (including phenoxy) is 3. The smallest absolute Gasteiger partial charge is 0.306 e. The standard InChI is InChI=1S/C70H122O6/c1-4-7-10-13-16-19-22-25-28-30-31-32-33-34-35-36-37-38-39-41-42-45-48-51-54-57-60-63-69(72)75-66-67(65-74-68(71)62-59-56-53-50-47-44-27-24-21-18-15-12-9-6-3)76-70(73)64-61-58-55-52-49-46-43-40-29-26-23-20-17-14-11-8-5-2/h8,11,15,17-18,20,24,26-27,29,43,46,52,55,67H,4-7,9-10,12-14,16,19,21-23,25,28,30-42,44-45,47-51,53-54,56-66H2,1-3H3/b11-8-,18-15-,20-17-,27-24-,29-26-,46-43-,55-52-. The third kappa shape index (κ3) is 61.4. The van der Waals surface area contributed by atoms with Gasteiger partial charge in [0.05, 0.1) is 0 Å². The van der Waals surface area contributed by atoms with Gasteiger partial charge in [-0.15, -0.1) is 0 Å². The van der Waals surface area contributed by atoms with Crippen LogP contribution in [0.4, 0.5) is 0 Å². The van der Waals surface area contributed by atoms with Gasteiger partial charge in [0.15, 0.2) is 6.10 Å². The van der Waals surface area contributed by atoms with E-state index in [0.29, 0.717) is 19.3 Å². The zero-order valence-corrected chi connectivity index (χ0v) is 50.3. The summed E-state index contributed by atoms with van der Waals surface area (Å²) < 4.78 is 16.9. The van der Waals surface area contributed by atoms with Crippen molar-refractivity contribution in [3.05, 3.63) is 85.1 Å². The molecule has 0 N–H and O–H groups in total. The molecule has 0 aromatic heterocycles. The van der Waals surface area contributed by atoms with Gasteiger partial charge in [-0.1, -0.05) is 305 Å². The summed E-state index contributed by atoms with van der Waals surface area (Å²) in [5, 5.41) is 0. The Morgan fingerprint density at radius 1 is 0.276 bits per heavy atom. The topological polar surface area (TPSA) is 78.9 Å². The summed E-state index contributed by atoms with van der Waals surface area (Å²) >= 11 is 0. The van der Waals surface area contributed by atoms with Crippen LogP contribution in [-0.2, 0) is 28.6 Å². The average molecular weight is 1060 g/mol. The molecule has 0 aliphatic carbocycles. The number of hydrogen-bond acceptors (Lipinski definition) is 6. The van der Waals surface area contributed by atoms with Crippen molar-refractivity contribution in [1.29, 1.82) is 0 Å². The van der Waals surface area contributed by atoms with Gasteiger partial charge < -0.3 is 14.2 Å². The van der Waals surface area contributed by atoms with Crippen molar-refractivity contribution in [2.75, 3.05) is 13.2 Å². The van der Waals surface area contributed by atoms with Crippen molar-refractivity contribution >= 4 is 17.9 Å². The highest BCUT2D eigenvalue weighted by molar-refractivity contribution is 5.71. The van der Waals surface area contributed by atoms with Crippen LogP contribution in [0.25, 0.3) is 0 Å². The molecule has 0 spiro atoms. The minimum Gasteiger partial charge on any atom is -0.462 e. The highest BCUT2D eigenvalue weighted by Gasteiger charge is 2.19. The fraction of sp³-hybridized carbons (Fsp3) is 0.757. The van der Waals surface area contributed by atoms with E-state index in [9.17, 15) is 14.4 Å². The predicted molar refractivity (Wildman–Crippen MR) is 330 cm³/mol.